The second kappa shape index (κ2) is 1.56. The van der Waals surface area contributed by atoms with E-state index >= 15 is 0 Å². The van der Waals surface area contributed by atoms with E-state index in [2.05, 4.69) is 0 Å². The van der Waals surface area contributed by atoms with Crippen LogP contribution < -0.4 is 0 Å². The van der Waals surface area contributed by atoms with E-state index < -0.39 is 0 Å². The average Bonchev–Trinajstić information content (AvgIpc) is 2.41. The van der Waals surface area contributed by atoms with Gasteiger partial charge in [0.25, 0.3) is 5.91 Å². The first kappa shape index (κ1) is 5.41. The maximum Gasteiger partial charge on any atom is 0.276 e. The van der Waals surface area contributed by atoms with E-state index in [9.17, 15) is 4.79 Å². The monoisotopic (exact) mass is 134 g/mol. The Labute approximate surface area is 57.8 Å². The standard InChI is InChI=1S/C7H6N2O/c8-6-4-5-2-1-3-9(5)7(6)10/h1-3,8H,4H2. The first-order valence-corrected chi connectivity index (χ1v) is 3.07. The Kier molecular flexibility index (Phi) is 0.845. The normalized spacial score (nSPS) is 16.0. The number of fused-ring (bicyclic) bond motifs is 1. The summed E-state index contributed by atoms with van der Waals surface area (Å²) in [6.45, 7) is 0. The van der Waals surface area contributed by atoms with Crippen LogP contribution in [-0.2, 0) is 6.42 Å². The van der Waals surface area contributed by atoms with Crippen molar-refractivity contribution in [2.24, 2.45) is 0 Å². The minimum absolute atomic E-state index is 0.181. The number of hydrogen-bond donors (Lipinski definition) is 1. The van der Waals surface area contributed by atoms with Gasteiger partial charge in [0, 0.05) is 18.3 Å². The molecule has 1 aromatic heterocycles. The van der Waals surface area contributed by atoms with Crippen LogP contribution in [-0.4, -0.2) is 16.2 Å². The number of carbonyl (C=O) groups is 1. The Morgan fingerprint density at radius 3 is 3.10 bits per heavy atom. The molecule has 0 aromatic carbocycles. The maximum absolute atomic E-state index is 11.0. The van der Waals surface area contributed by atoms with Crippen molar-refractivity contribution in [1.29, 1.82) is 5.41 Å². The van der Waals surface area contributed by atoms with Crippen molar-refractivity contribution in [2.75, 3.05) is 0 Å². The summed E-state index contributed by atoms with van der Waals surface area (Å²) in [5, 5.41) is 7.19. The van der Waals surface area contributed by atoms with Crippen molar-refractivity contribution in [3.63, 3.8) is 0 Å². The highest BCUT2D eigenvalue weighted by atomic mass is 16.2. The second-order valence-electron chi connectivity index (χ2n) is 2.33. The Hall–Kier alpha value is -1.38. The fourth-order valence-electron chi connectivity index (χ4n) is 1.16. The summed E-state index contributed by atoms with van der Waals surface area (Å²) in [7, 11) is 0. The molecule has 0 saturated heterocycles. The molecule has 3 heteroatoms. The van der Waals surface area contributed by atoms with Gasteiger partial charge in [0.2, 0.25) is 0 Å². The molecular weight excluding hydrogens is 128 g/mol. The minimum atomic E-state index is -0.181. The van der Waals surface area contributed by atoms with E-state index in [-0.39, 0.29) is 11.6 Å². The predicted octanol–water partition coefficient (Wildman–Crippen LogP) is 0.704. The van der Waals surface area contributed by atoms with Crippen molar-refractivity contribution in [2.45, 2.75) is 6.42 Å². The van der Waals surface area contributed by atoms with Crippen LogP contribution in [0, 0.1) is 5.41 Å². The van der Waals surface area contributed by atoms with E-state index in [1.165, 1.54) is 4.57 Å². The average molecular weight is 134 g/mol. The Morgan fingerprint density at radius 2 is 2.40 bits per heavy atom. The van der Waals surface area contributed by atoms with Crippen LogP contribution in [0.3, 0.4) is 0 Å². The van der Waals surface area contributed by atoms with E-state index in [4.69, 9.17) is 5.41 Å². The molecule has 0 spiro atoms. The molecule has 1 aliphatic rings. The molecule has 0 atom stereocenters. The molecule has 1 N–H and O–H groups in total. The van der Waals surface area contributed by atoms with Crippen molar-refractivity contribution in [3.8, 4) is 0 Å². The molecule has 0 saturated carbocycles. The minimum Gasteiger partial charge on any atom is -0.299 e. The highest BCUT2D eigenvalue weighted by molar-refractivity contribution is 6.41. The van der Waals surface area contributed by atoms with Crippen molar-refractivity contribution >= 4 is 11.6 Å². The molecule has 50 valence electrons. The lowest BCUT2D eigenvalue weighted by Crippen LogP contribution is -2.11. The molecule has 10 heavy (non-hydrogen) atoms. The molecule has 0 radical (unpaired) electrons. The first-order valence-electron chi connectivity index (χ1n) is 3.07. The van der Waals surface area contributed by atoms with Gasteiger partial charge in [-0.25, -0.2) is 0 Å². The first-order chi connectivity index (χ1) is 4.79. The van der Waals surface area contributed by atoms with Crippen LogP contribution in [0.25, 0.3) is 0 Å². The zero-order valence-corrected chi connectivity index (χ0v) is 5.29. The lowest BCUT2D eigenvalue weighted by molar-refractivity contribution is 0.0995. The molecule has 0 amide bonds. The van der Waals surface area contributed by atoms with Crippen LogP contribution >= 0.6 is 0 Å². The number of carbonyl (C=O) groups excluding carboxylic acids is 1. The molecule has 2 rings (SSSR count). The smallest absolute Gasteiger partial charge is 0.276 e. The zero-order chi connectivity index (χ0) is 7.14. The molecule has 1 aliphatic heterocycles. The van der Waals surface area contributed by atoms with Crippen LogP contribution in [0.4, 0.5) is 0 Å². The molecular formula is C7H6N2O. The Morgan fingerprint density at radius 1 is 1.60 bits per heavy atom. The van der Waals surface area contributed by atoms with Crippen LogP contribution in [0.5, 0.6) is 0 Å². The number of hydrogen-bond acceptors (Lipinski definition) is 2. The quantitative estimate of drug-likeness (QED) is 0.557. The summed E-state index contributed by atoms with van der Waals surface area (Å²) in [4.78, 5) is 11.0. The zero-order valence-electron chi connectivity index (χ0n) is 5.29. The van der Waals surface area contributed by atoms with Gasteiger partial charge in [0.05, 0.1) is 0 Å². The molecule has 0 bridgehead atoms. The van der Waals surface area contributed by atoms with Gasteiger partial charge in [-0.2, -0.15) is 0 Å². The van der Waals surface area contributed by atoms with E-state index in [0.29, 0.717) is 6.42 Å². The summed E-state index contributed by atoms with van der Waals surface area (Å²) < 4.78 is 1.52. The third kappa shape index (κ3) is 0.492. The van der Waals surface area contributed by atoms with Crippen LogP contribution in [0.2, 0.25) is 0 Å². The molecule has 2 heterocycles. The molecule has 1 aromatic rings. The fraction of sp³-hybridized carbons (Fsp3) is 0.143. The summed E-state index contributed by atoms with van der Waals surface area (Å²) in [6, 6.07) is 3.68. The van der Waals surface area contributed by atoms with Gasteiger partial charge in [0.1, 0.15) is 5.71 Å². The maximum atomic E-state index is 11.0. The third-order valence-corrected chi connectivity index (χ3v) is 1.67. The summed E-state index contributed by atoms with van der Waals surface area (Å²) in [5.41, 5.74) is 1.12. The summed E-state index contributed by atoms with van der Waals surface area (Å²) >= 11 is 0. The topological polar surface area (TPSA) is 45.9 Å². The molecule has 0 unspecified atom stereocenters. The Bertz CT molecular complexity index is 311. The summed E-state index contributed by atoms with van der Waals surface area (Å²) in [6.07, 6.45) is 2.19. The number of rotatable bonds is 0. The van der Waals surface area contributed by atoms with Crippen molar-refractivity contribution < 1.29 is 4.79 Å². The van der Waals surface area contributed by atoms with Crippen molar-refractivity contribution in [1.82, 2.24) is 4.57 Å². The number of nitrogens with zero attached hydrogens (tertiary/aromatic N) is 1. The number of nitrogens with one attached hydrogen (secondary N) is 1. The molecule has 3 nitrogen and oxygen atoms in total. The lowest BCUT2D eigenvalue weighted by atomic mass is 10.2. The van der Waals surface area contributed by atoms with Crippen LogP contribution in [0.15, 0.2) is 18.3 Å². The second-order valence-corrected chi connectivity index (χ2v) is 2.33. The van der Waals surface area contributed by atoms with E-state index in [0.717, 1.165) is 5.69 Å². The SMILES string of the molecule is N=C1Cc2cccn2C1=O. The van der Waals surface area contributed by atoms with Gasteiger partial charge in [-0.3, -0.25) is 14.8 Å². The largest absolute Gasteiger partial charge is 0.299 e. The van der Waals surface area contributed by atoms with Gasteiger partial charge in [-0.05, 0) is 12.1 Å². The predicted molar refractivity (Wildman–Crippen MR) is 36.5 cm³/mol. The number of aromatic nitrogens is 1. The van der Waals surface area contributed by atoms with Gasteiger partial charge in [0.15, 0.2) is 0 Å². The van der Waals surface area contributed by atoms with Gasteiger partial charge in [-0.15, -0.1) is 0 Å². The summed E-state index contributed by atoms with van der Waals surface area (Å²) in [5.74, 6) is -0.181. The van der Waals surface area contributed by atoms with Crippen molar-refractivity contribution in [3.05, 3.63) is 24.0 Å². The van der Waals surface area contributed by atoms with E-state index in [1.54, 1.807) is 6.20 Å². The van der Waals surface area contributed by atoms with Crippen LogP contribution in [0.1, 0.15) is 10.5 Å². The Balaban J connectivity index is 2.63. The highest BCUT2D eigenvalue weighted by Gasteiger charge is 2.22. The third-order valence-electron chi connectivity index (χ3n) is 1.67. The van der Waals surface area contributed by atoms with Gasteiger partial charge in [-0.1, -0.05) is 0 Å². The van der Waals surface area contributed by atoms with E-state index in [1.807, 2.05) is 12.1 Å². The molecule has 0 fully saturated rings. The fourth-order valence-corrected chi connectivity index (χ4v) is 1.16. The molecule has 0 aliphatic carbocycles. The lowest BCUT2D eigenvalue weighted by Gasteiger charge is -1.89. The highest BCUT2D eigenvalue weighted by Crippen LogP contribution is 2.11. The van der Waals surface area contributed by atoms with Gasteiger partial charge < -0.3 is 0 Å². The van der Waals surface area contributed by atoms with Gasteiger partial charge >= 0.3 is 0 Å².